The molecule has 0 saturated heterocycles. The van der Waals surface area contributed by atoms with Crippen molar-refractivity contribution in [1.82, 2.24) is 4.57 Å². The number of benzene rings is 2. The number of carbonyl (C=O) groups is 2. The molecule has 2 amide bonds. The Labute approximate surface area is 171 Å². The summed E-state index contributed by atoms with van der Waals surface area (Å²) in [7, 11) is 0. The molecule has 4 rings (SSSR count). The molecule has 0 saturated carbocycles. The minimum Gasteiger partial charge on any atom is -0.324 e. The van der Waals surface area contributed by atoms with E-state index < -0.39 is 5.25 Å². The van der Waals surface area contributed by atoms with Crippen LogP contribution in [0.1, 0.15) is 17.5 Å². The molecule has 5 nitrogen and oxygen atoms in total. The average molecular weight is 410 g/mol. The minimum absolute atomic E-state index is 0.0767. The summed E-state index contributed by atoms with van der Waals surface area (Å²) in [5.41, 5.74) is 3.16. The Hall–Kier alpha value is -2.64. The number of aromatic nitrogens is 1. The number of para-hydroxylation sites is 1. The van der Waals surface area contributed by atoms with Crippen LogP contribution in [0.5, 0.6) is 0 Å². The van der Waals surface area contributed by atoms with Crippen molar-refractivity contribution in [2.45, 2.75) is 30.0 Å². The van der Waals surface area contributed by atoms with Gasteiger partial charge in [0, 0.05) is 23.0 Å². The Morgan fingerprint density at radius 2 is 1.96 bits per heavy atom. The van der Waals surface area contributed by atoms with Gasteiger partial charge in [-0.15, -0.1) is 23.1 Å². The first-order valence-electron chi connectivity index (χ1n) is 8.92. The number of nitrogens with zero attached hydrogens (tertiary/aromatic N) is 2. The third kappa shape index (κ3) is 4.26. The normalized spacial score (nSPS) is 16.5. The van der Waals surface area contributed by atoms with E-state index in [0.717, 1.165) is 16.1 Å². The highest BCUT2D eigenvalue weighted by Crippen LogP contribution is 2.36. The van der Waals surface area contributed by atoms with Gasteiger partial charge in [-0.2, -0.15) is 4.99 Å². The summed E-state index contributed by atoms with van der Waals surface area (Å²) >= 11 is 2.84. The molecule has 142 valence electrons. The van der Waals surface area contributed by atoms with Crippen LogP contribution in [0.25, 0.3) is 0 Å². The van der Waals surface area contributed by atoms with Crippen LogP contribution in [0.4, 0.5) is 5.69 Å². The molecule has 28 heavy (non-hydrogen) atoms. The number of amides is 2. The largest absolute Gasteiger partial charge is 0.324 e. The SMILES string of the molecule is Cc1ccc(Cn2ccsc2=NC(=O)CC2Sc3ccccc3NC2=O)cc1. The maximum atomic E-state index is 12.5. The monoisotopic (exact) mass is 409 g/mol. The van der Waals surface area contributed by atoms with Gasteiger partial charge in [-0.3, -0.25) is 9.59 Å². The third-order valence-electron chi connectivity index (χ3n) is 4.42. The van der Waals surface area contributed by atoms with E-state index in [-0.39, 0.29) is 18.2 Å². The lowest BCUT2D eigenvalue weighted by Crippen LogP contribution is -2.31. The summed E-state index contributed by atoms with van der Waals surface area (Å²) in [6.45, 7) is 2.71. The van der Waals surface area contributed by atoms with Crippen LogP contribution in [0.15, 0.2) is 70.0 Å². The van der Waals surface area contributed by atoms with Gasteiger partial charge in [0.25, 0.3) is 0 Å². The van der Waals surface area contributed by atoms with E-state index in [1.54, 1.807) is 0 Å². The molecule has 1 atom stereocenters. The zero-order valence-corrected chi connectivity index (χ0v) is 16.9. The van der Waals surface area contributed by atoms with Crippen LogP contribution in [-0.4, -0.2) is 21.6 Å². The number of hydrogen-bond donors (Lipinski definition) is 1. The summed E-state index contributed by atoms with van der Waals surface area (Å²) in [5, 5.41) is 4.32. The van der Waals surface area contributed by atoms with Crippen LogP contribution >= 0.6 is 23.1 Å². The molecule has 0 fully saturated rings. The molecule has 1 unspecified atom stereocenters. The van der Waals surface area contributed by atoms with Gasteiger partial charge in [0.05, 0.1) is 17.4 Å². The summed E-state index contributed by atoms with van der Waals surface area (Å²) in [6.07, 6.45) is 2.00. The number of thioether (sulfide) groups is 1. The van der Waals surface area contributed by atoms with Gasteiger partial charge in [-0.25, -0.2) is 0 Å². The summed E-state index contributed by atoms with van der Waals surface area (Å²) < 4.78 is 1.95. The Balaban J connectivity index is 1.48. The van der Waals surface area contributed by atoms with E-state index in [0.29, 0.717) is 11.3 Å². The van der Waals surface area contributed by atoms with Gasteiger partial charge in [-0.1, -0.05) is 42.0 Å². The van der Waals surface area contributed by atoms with Crippen molar-refractivity contribution in [2.75, 3.05) is 5.32 Å². The molecule has 7 heteroatoms. The highest BCUT2D eigenvalue weighted by molar-refractivity contribution is 8.01. The molecule has 2 heterocycles. The van der Waals surface area contributed by atoms with Crippen molar-refractivity contribution in [2.24, 2.45) is 4.99 Å². The molecule has 1 aromatic heterocycles. The molecule has 0 spiro atoms. The zero-order valence-electron chi connectivity index (χ0n) is 15.3. The molecule has 1 N–H and O–H groups in total. The second-order valence-electron chi connectivity index (χ2n) is 6.60. The molecule has 1 aliphatic rings. The van der Waals surface area contributed by atoms with E-state index in [4.69, 9.17) is 0 Å². The van der Waals surface area contributed by atoms with Gasteiger partial charge >= 0.3 is 0 Å². The Bertz CT molecular complexity index is 1080. The lowest BCUT2D eigenvalue weighted by atomic mass is 10.1. The van der Waals surface area contributed by atoms with Crippen molar-refractivity contribution in [3.05, 3.63) is 76.0 Å². The fourth-order valence-corrected chi connectivity index (χ4v) is 4.78. The first-order chi connectivity index (χ1) is 13.6. The number of fused-ring (bicyclic) bond motifs is 1. The van der Waals surface area contributed by atoms with E-state index in [1.807, 2.05) is 40.4 Å². The van der Waals surface area contributed by atoms with Crippen molar-refractivity contribution in [1.29, 1.82) is 0 Å². The second-order valence-corrected chi connectivity index (χ2v) is 8.72. The predicted octanol–water partition coefficient (Wildman–Crippen LogP) is 3.84. The molecule has 0 radical (unpaired) electrons. The van der Waals surface area contributed by atoms with Crippen molar-refractivity contribution in [3.8, 4) is 0 Å². The summed E-state index contributed by atoms with van der Waals surface area (Å²) in [6, 6.07) is 15.9. The molecule has 2 aromatic carbocycles. The van der Waals surface area contributed by atoms with Crippen molar-refractivity contribution >= 4 is 40.6 Å². The van der Waals surface area contributed by atoms with Crippen LogP contribution in [0.2, 0.25) is 0 Å². The van der Waals surface area contributed by atoms with Crippen molar-refractivity contribution < 1.29 is 9.59 Å². The van der Waals surface area contributed by atoms with Crippen LogP contribution < -0.4 is 10.1 Å². The highest BCUT2D eigenvalue weighted by atomic mass is 32.2. The van der Waals surface area contributed by atoms with E-state index >= 15 is 0 Å². The minimum atomic E-state index is -0.461. The van der Waals surface area contributed by atoms with E-state index in [1.165, 1.54) is 28.7 Å². The van der Waals surface area contributed by atoms with Crippen LogP contribution in [-0.2, 0) is 16.1 Å². The summed E-state index contributed by atoms with van der Waals surface area (Å²) in [4.78, 5) is 30.7. The number of aryl methyl sites for hydroxylation is 1. The molecule has 0 aliphatic carbocycles. The lowest BCUT2D eigenvalue weighted by Gasteiger charge is -2.22. The second kappa shape index (κ2) is 8.16. The quantitative estimate of drug-likeness (QED) is 0.712. The third-order valence-corrected chi connectivity index (χ3v) is 6.49. The van der Waals surface area contributed by atoms with Gasteiger partial charge in [0.2, 0.25) is 11.8 Å². The Morgan fingerprint density at radius 3 is 2.79 bits per heavy atom. The Kier molecular flexibility index (Phi) is 5.45. The van der Waals surface area contributed by atoms with Crippen LogP contribution in [0.3, 0.4) is 0 Å². The fourth-order valence-electron chi connectivity index (χ4n) is 2.94. The number of anilines is 1. The molecule has 0 bridgehead atoms. The molecular weight excluding hydrogens is 390 g/mol. The first kappa shape index (κ1) is 18.7. The predicted molar refractivity (Wildman–Crippen MR) is 112 cm³/mol. The number of carbonyl (C=O) groups excluding carboxylic acids is 2. The Morgan fingerprint density at radius 1 is 1.18 bits per heavy atom. The molecular formula is C21H19N3O2S2. The van der Waals surface area contributed by atoms with Gasteiger partial charge < -0.3 is 9.88 Å². The lowest BCUT2D eigenvalue weighted by molar-refractivity contribution is -0.122. The first-order valence-corrected chi connectivity index (χ1v) is 10.7. The summed E-state index contributed by atoms with van der Waals surface area (Å²) in [5.74, 6) is -0.432. The topological polar surface area (TPSA) is 63.5 Å². The zero-order chi connectivity index (χ0) is 19.5. The van der Waals surface area contributed by atoms with E-state index in [2.05, 4.69) is 41.5 Å². The van der Waals surface area contributed by atoms with Crippen LogP contribution in [0, 0.1) is 6.92 Å². The maximum absolute atomic E-state index is 12.5. The van der Waals surface area contributed by atoms with Crippen molar-refractivity contribution in [3.63, 3.8) is 0 Å². The fraction of sp³-hybridized carbons (Fsp3) is 0.190. The maximum Gasteiger partial charge on any atom is 0.249 e. The number of rotatable bonds is 4. The highest BCUT2D eigenvalue weighted by Gasteiger charge is 2.28. The molecule has 3 aromatic rings. The van der Waals surface area contributed by atoms with Gasteiger partial charge in [0.15, 0.2) is 4.80 Å². The number of nitrogens with one attached hydrogen (secondary N) is 1. The van der Waals surface area contributed by atoms with Gasteiger partial charge in [-0.05, 0) is 24.6 Å². The smallest absolute Gasteiger partial charge is 0.249 e. The number of hydrogen-bond acceptors (Lipinski definition) is 4. The number of thiazole rings is 1. The molecule has 1 aliphatic heterocycles. The van der Waals surface area contributed by atoms with E-state index in [9.17, 15) is 9.59 Å². The van der Waals surface area contributed by atoms with Gasteiger partial charge in [0.1, 0.15) is 0 Å². The average Bonchev–Trinajstić information content (AvgIpc) is 3.10. The standard InChI is InChI=1S/C21H19N3O2S2/c1-14-6-8-15(9-7-14)13-24-10-11-27-21(24)23-19(25)12-18-20(26)22-16-4-2-3-5-17(16)28-18/h2-11,18H,12-13H2,1H3,(H,22,26).